The van der Waals surface area contributed by atoms with Crippen molar-refractivity contribution in [1.82, 2.24) is 0 Å². The number of hydrogen-bond donors (Lipinski definition) is 1. The summed E-state index contributed by atoms with van der Waals surface area (Å²) in [6.07, 6.45) is 0. The van der Waals surface area contributed by atoms with Crippen LogP contribution in [0.5, 0.6) is 0 Å². The van der Waals surface area contributed by atoms with Gasteiger partial charge in [-0.2, -0.15) is 0 Å². The summed E-state index contributed by atoms with van der Waals surface area (Å²) in [6.45, 7) is 1.57. The van der Waals surface area contributed by atoms with Crippen molar-refractivity contribution in [2.45, 2.75) is 11.8 Å². The Morgan fingerprint density at radius 3 is 2.82 bits per heavy atom. The molecule has 0 aliphatic rings. The highest BCUT2D eigenvalue weighted by molar-refractivity contribution is 9.10. The monoisotopic (exact) mass is 319 g/mol. The summed E-state index contributed by atoms with van der Waals surface area (Å²) in [5.41, 5.74) is -0.0121. The number of aliphatic carboxylic acids is 1. The van der Waals surface area contributed by atoms with Crippen LogP contribution in [0.2, 0.25) is 0 Å². The van der Waals surface area contributed by atoms with E-state index >= 15 is 0 Å². The van der Waals surface area contributed by atoms with Gasteiger partial charge in [-0.15, -0.1) is 11.8 Å². The number of carbonyl (C=O) groups is 1. The summed E-state index contributed by atoms with van der Waals surface area (Å²) in [5, 5.41) is 19.5. The molecule has 0 radical (unpaired) electrons. The Balaban J connectivity index is 2.84. The van der Waals surface area contributed by atoms with E-state index < -0.39 is 16.8 Å². The molecular formula is C10H10BrNO4S. The first kappa shape index (κ1) is 14.0. The van der Waals surface area contributed by atoms with E-state index in [4.69, 9.17) is 5.11 Å². The van der Waals surface area contributed by atoms with Crippen molar-refractivity contribution in [2.24, 2.45) is 5.92 Å². The molecule has 1 N–H and O–H groups in total. The Morgan fingerprint density at radius 2 is 2.29 bits per heavy atom. The van der Waals surface area contributed by atoms with Gasteiger partial charge < -0.3 is 5.11 Å². The van der Waals surface area contributed by atoms with Crippen LogP contribution in [-0.2, 0) is 4.79 Å². The second kappa shape index (κ2) is 6.02. The molecule has 0 fully saturated rings. The summed E-state index contributed by atoms with van der Waals surface area (Å²) in [7, 11) is 0. The van der Waals surface area contributed by atoms with Gasteiger partial charge in [-0.05, 0) is 12.1 Å². The summed E-state index contributed by atoms with van der Waals surface area (Å²) in [6, 6.07) is 4.72. The molecule has 1 atom stereocenters. The van der Waals surface area contributed by atoms with E-state index in [9.17, 15) is 14.9 Å². The van der Waals surface area contributed by atoms with E-state index in [1.54, 1.807) is 19.1 Å². The van der Waals surface area contributed by atoms with Gasteiger partial charge in [-0.3, -0.25) is 14.9 Å². The number of benzene rings is 1. The molecule has 0 aliphatic carbocycles. The molecule has 92 valence electrons. The topological polar surface area (TPSA) is 80.4 Å². The molecule has 1 rings (SSSR count). The average Bonchev–Trinajstić information content (AvgIpc) is 2.26. The second-order valence-electron chi connectivity index (χ2n) is 3.42. The van der Waals surface area contributed by atoms with Gasteiger partial charge >= 0.3 is 5.97 Å². The van der Waals surface area contributed by atoms with Gasteiger partial charge in [0.1, 0.15) is 0 Å². The first-order valence-electron chi connectivity index (χ1n) is 4.71. The molecule has 1 aromatic rings. The van der Waals surface area contributed by atoms with E-state index in [-0.39, 0.29) is 5.69 Å². The van der Waals surface area contributed by atoms with Crippen LogP contribution in [0.15, 0.2) is 27.6 Å². The number of thioether (sulfide) groups is 1. The zero-order valence-corrected chi connectivity index (χ0v) is 11.3. The summed E-state index contributed by atoms with van der Waals surface area (Å²) in [5.74, 6) is -1.14. The number of nitrogens with zero attached hydrogens (tertiary/aromatic N) is 1. The Hall–Kier alpha value is -1.08. The molecule has 17 heavy (non-hydrogen) atoms. The lowest BCUT2D eigenvalue weighted by Gasteiger charge is -2.06. The SMILES string of the molecule is CC(CSc1ccc(Br)cc1[N+](=O)[O-])C(=O)O. The van der Waals surface area contributed by atoms with Crippen molar-refractivity contribution in [3.63, 3.8) is 0 Å². The lowest BCUT2D eigenvalue weighted by atomic mass is 10.2. The fourth-order valence-corrected chi connectivity index (χ4v) is 2.41. The van der Waals surface area contributed by atoms with Gasteiger partial charge in [-0.25, -0.2) is 0 Å². The lowest BCUT2D eigenvalue weighted by molar-refractivity contribution is -0.387. The number of rotatable bonds is 5. The van der Waals surface area contributed by atoms with Crippen molar-refractivity contribution < 1.29 is 14.8 Å². The Morgan fingerprint density at radius 1 is 1.65 bits per heavy atom. The minimum Gasteiger partial charge on any atom is -0.481 e. The smallest absolute Gasteiger partial charge is 0.307 e. The Bertz CT molecular complexity index is 452. The quantitative estimate of drug-likeness (QED) is 0.512. The minimum atomic E-state index is -0.905. The van der Waals surface area contributed by atoms with Crippen LogP contribution >= 0.6 is 27.7 Å². The largest absolute Gasteiger partial charge is 0.481 e. The molecular weight excluding hydrogens is 310 g/mol. The summed E-state index contributed by atoms with van der Waals surface area (Å²) >= 11 is 4.34. The maximum atomic E-state index is 10.8. The molecule has 0 spiro atoms. The van der Waals surface area contributed by atoms with Crippen LogP contribution < -0.4 is 0 Å². The van der Waals surface area contributed by atoms with Crippen molar-refractivity contribution in [2.75, 3.05) is 5.75 Å². The van der Waals surface area contributed by atoms with Crippen LogP contribution in [0, 0.1) is 16.0 Å². The minimum absolute atomic E-state index is 0.0121. The Labute approximate surface area is 110 Å². The van der Waals surface area contributed by atoms with Gasteiger partial charge in [0.25, 0.3) is 5.69 Å². The number of nitro groups is 1. The zero-order valence-electron chi connectivity index (χ0n) is 8.92. The van der Waals surface area contributed by atoms with Crippen molar-refractivity contribution in [3.8, 4) is 0 Å². The fraction of sp³-hybridized carbons (Fsp3) is 0.300. The van der Waals surface area contributed by atoms with E-state index in [1.165, 1.54) is 17.8 Å². The van der Waals surface area contributed by atoms with Crippen LogP contribution in [-0.4, -0.2) is 21.8 Å². The van der Waals surface area contributed by atoms with Crippen molar-refractivity contribution in [3.05, 3.63) is 32.8 Å². The van der Waals surface area contributed by atoms with E-state index in [0.29, 0.717) is 15.1 Å². The molecule has 0 amide bonds. The van der Waals surface area contributed by atoms with Gasteiger partial charge in [-0.1, -0.05) is 22.9 Å². The molecule has 0 saturated heterocycles. The van der Waals surface area contributed by atoms with Gasteiger partial charge in [0.2, 0.25) is 0 Å². The number of carboxylic acids is 1. The maximum absolute atomic E-state index is 10.8. The second-order valence-corrected chi connectivity index (χ2v) is 5.40. The van der Waals surface area contributed by atoms with Gasteiger partial charge in [0.15, 0.2) is 0 Å². The number of carboxylic acid groups (broad SMARTS) is 1. The molecule has 5 nitrogen and oxygen atoms in total. The summed E-state index contributed by atoms with van der Waals surface area (Å²) in [4.78, 5) is 21.5. The first-order valence-corrected chi connectivity index (χ1v) is 6.49. The van der Waals surface area contributed by atoms with Crippen LogP contribution in [0.25, 0.3) is 0 Å². The highest BCUT2D eigenvalue weighted by atomic mass is 79.9. The molecule has 0 aromatic heterocycles. The number of hydrogen-bond acceptors (Lipinski definition) is 4. The standard InChI is InChI=1S/C10H10BrNO4S/c1-6(10(13)14)5-17-9-3-2-7(11)4-8(9)12(15)16/h2-4,6H,5H2,1H3,(H,13,14). The zero-order chi connectivity index (χ0) is 13.0. The van der Waals surface area contributed by atoms with Crippen molar-refractivity contribution in [1.29, 1.82) is 0 Å². The Kier molecular flexibility index (Phi) is 4.95. The fourth-order valence-electron chi connectivity index (χ4n) is 1.04. The molecule has 1 unspecified atom stereocenters. The maximum Gasteiger partial charge on any atom is 0.307 e. The number of nitro benzene ring substituents is 1. The van der Waals surface area contributed by atoms with Gasteiger partial charge in [0.05, 0.1) is 15.7 Å². The highest BCUT2D eigenvalue weighted by Crippen LogP contribution is 2.32. The third kappa shape index (κ3) is 4.01. The molecule has 7 heteroatoms. The molecule has 0 saturated carbocycles. The van der Waals surface area contributed by atoms with E-state index in [2.05, 4.69) is 15.9 Å². The highest BCUT2D eigenvalue weighted by Gasteiger charge is 2.17. The molecule has 0 aliphatic heterocycles. The predicted molar refractivity (Wildman–Crippen MR) is 68.3 cm³/mol. The summed E-state index contributed by atoms with van der Waals surface area (Å²) < 4.78 is 0.625. The first-order chi connectivity index (χ1) is 7.91. The molecule has 1 aromatic carbocycles. The third-order valence-corrected chi connectivity index (χ3v) is 3.84. The van der Waals surface area contributed by atoms with Gasteiger partial charge in [0, 0.05) is 16.3 Å². The molecule has 0 bridgehead atoms. The van der Waals surface area contributed by atoms with Crippen LogP contribution in [0.3, 0.4) is 0 Å². The average molecular weight is 320 g/mol. The number of halogens is 1. The molecule has 0 heterocycles. The van der Waals surface area contributed by atoms with Crippen molar-refractivity contribution >= 4 is 39.3 Å². The van der Waals surface area contributed by atoms with Crippen LogP contribution in [0.4, 0.5) is 5.69 Å². The normalized spacial score (nSPS) is 12.1. The van der Waals surface area contributed by atoms with Crippen LogP contribution in [0.1, 0.15) is 6.92 Å². The predicted octanol–water partition coefficient (Wildman–Crippen LogP) is 3.17. The van der Waals surface area contributed by atoms with E-state index in [1.807, 2.05) is 0 Å². The third-order valence-electron chi connectivity index (χ3n) is 2.03. The van der Waals surface area contributed by atoms with E-state index in [0.717, 1.165) is 0 Å². The lowest BCUT2D eigenvalue weighted by Crippen LogP contribution is -2.11.